The second-order valence-electron chi connectivity index (χ2n) is 10.2. The number of benzene rings is 2. The quantitative estimate of drug-likeness (QED) is 0.111. The zero-order valence-electron chi connectivity index (χ0n) is 22.8. The maximum absolute atomic E-state index is 4.14. The van der Waals surface area contributed by atoms with Gasteiger partial charge in [-0.2, -0.15) is 0 Å². The lowest BCUT2D eigenvalue weighted by Crippen LogP contribution is -2.28. The summed E-state index contributed by atoms with van der Waals surface area (Å²) in [5.74, 6) is 7.00. The molecule has 0 heterocycles. The molecule has 0 N–H and O–H groups in total. The Kier molecular flexibility index (Phi) is 12.8. The average Bonchev–Trinajstić information content (AvgIpc) is 2.88. The Balaban J connectivity index is 2.87. The Bertz CT molecular complexity index is 1070. The fourth-order valence-corrected chi connectivity index (χ4v) is 8.39. The Hall–Kier alpha value is -1.57. The number of unbranched alkanes of at least 4 members (excludes halogenated alkanes) is 4. The highest BCUT2D eigenvalue weighted by molar-refractivity contribution is 9.12. The summed E-state index contributed by atoms with van der Waals surface area (Å²) in [6, 6.07) is 21.5. The van der Waals surface area contributed by atoms with Crippen molar-refractivity contribution in [3.05, 3.63) is 80.0 Å². The van der Waals surface area contributed by atoms with Gasteiger partial charge in [-0.1, -0.05) is 145 Å². The normalized spacial score (nSPS) is 13.0. The predicted octanol–water partition coefficient (Wildman–Crippen LogP) is 10.6. The molecule has 36 heavy (non-hydrogen) atoms. The van der Waals surface area contributed by atoms with Gasteiger partial charge >= 0.3 is 0 Å². The fourth-order valence-electron chi connectivity index (χ4n) is 3.80. The van der Waals surface area contributed by atoms with E-state index < -0.39 is 16.1 Å². The van der Waals surface area contributed by atoms with Crippen LogP contribution in [-0.4, -0.2) is 16.1 Å². The van der Waals surface area contributed by atoms with Crippen LogP contribution in [0.15, 0.2) is 68.9 Å². The molecule has 4 heteroatoms. The first-order valence-electron chi connectivity index (χ1n) is 13.1. The van der Waals surface area contributed by atoms with Crippen molar-refractivity contribution in [3.63, 3.8) is 0 Å². The first-order valence-corrected chi connectivity index (χ1v) is 20.7. The lowest BCUT2D eigenvalue weighted by atomic mass is 9.95. The van der Waals surface area contributed by atoms with Crippen LogP contribution in [0.4, 0.5) is 0 Å². The van der Waals surface area contributed by atoms with Crippen LogP contribution in [-0.2, 0) is 0 Å². The third-order valence-corrected chi connectivity index (χ3v) is 17.1. The zero-order valence-corrected chi connectivity index (χ0v) is 27.9. The molecule has 0 atom stereocenters. The van der Waals surface area contributed by atoms with Crippen LogP contribution in [0.2, 0.25) is 26.2 Å². The number of hydrogen-bond acceptors (Lipinski definition) is 0. The van der Waals surface area contributed by atoms with Crippen LogP contribution >= 0.6 is 31.9 Å². The molecule has 0 spiro atoms. The van der Waals surface area contributed by atoms with Crippen molar-refractivity contribution in [2.45, 2.75) is 78.6 Å². The molecule has 0 bridgehead atoms. The van der Waals surface area contributed by atoms with Crippen LogP contribution in [0.25, 0.3) is 11.1 Å². The standard InChI is InChI=1S/C32H40Br2Si2/c1-7-9-11-19-25-35(3,4)31(33)29(27-21-15-13-16-22-27)30(28-23-17-14-18-24-28)32(34)36(5,6)26-20-12-10-8-2/h13-18,21-24H,7-12H2,1-6H3/b31-29+,32-30+. The van der Waals surface area contributed by atoms with Gasteiger partial charge in [0.2, 0.25) is 0 Å². The molecule has 0 saturated carbocycles. The SMILES string of the molecule is CCCCC#C[Si](C)(C)/C(Br)=C(/C(=C(\Br)[Si](C)(C)C#CCCCC)c1ccccc1)c1ccccc1. The van der Waals surface area contributed by atoms with E-state index in [2.05, 4.69) is 155 Å². The molecule has 0 aliphatic heterocycles. The van der Waals surface area contributed by atoms with Crippen molar-refractivity contribution in [1.29, 1.82) is 0 Å². The zero-order chi connectivity index (χ0) is 26.6. The Morgan fingerprint density at radius 2 is 0.944 bits per heavy atom. The van der Waals surface area contributed by atoms with Crippen molar-refractivity contribution in [2.24, 2.45) is 0 Å². The molecule has 2 aromatic carbocycles. The molecule has 0 radical (unpaired) electrons. The van der Waals surface area contributed by atoms with E-state index in [1.807, 2.05) is 0 Å². The lowest BCUT2D eigenvalue weighted by molar-refractivity contribution is 0.828. The first kappa shape index (κ1) is 30.7. The van der Waals surface area contributed by atoms with Gasteiger partial charge in [-0.25, -0.2) is 0 Å². The highest BCUT2D eigenvalue weighted by Gasteiger charge is 2.33. The summed E-state index contributed by atoms with van der Waals surface area (Å²) in [5.41, 5.74) is 12.3. The summed E-state index contributed by atoms with van der Waals surface area (Å²) in [6.45, 7) is 13.8. The second kappa shape index (κ2) is 15.0. The average molecular weight is 641 g/mol. The molecule has 0 unspecified atom stereocenters. The van der Waals surface area contributed by atoms with Crippen molar-refractivity contribution in [3.8, 4) is 22.9 Å². The topological polar surface area (TPSA) is 0 Å². The molecule has 0 aliphatic rings. The van der Waals surface area contributed by atoms with Gasteiger partial charge in [-0.15, -0.1) is 22.9 Å². The number of rotatable bonds is 9. The summed E-state index contributed by atoms with van der Waals surface area (Å²) in [5, 5.41) is 0. The predicted molar refractivity (Wildman–Crippen MR) is 174 cm³/mol. The van der Waals surface area contributed by atoms with E-state index in [1.165, 1.54) is 43.3 Å². The van der Waals surface area contributed by atoms with Crippen molar-refractivity contribution < 1.29 is 0 Å². The van der Waals surface area contributed by atoms with Gasteiger partial charge in [0.15, 0.2) is 16.1 Å². The van der Waals surface area contributed by atoms with Crippen LogP contribution in [0.1, 0.15) is 63.5 Å². The van der Waals surface area contributed by atoms with Gasteiger partial charge in [0, 0.05) is 21.1 Å². The minimum atomic E-state index is -2.08. The molecule has 0 saturated heterocycles. The summed E-state index contributed by atoms with van der Waals surface area (Å²) in [6.07, 6.45) is 6.59. The molecule has 0 amide bonds. The van der Waals surface area contributed by atoms with Gasteiger partial charge in [-0.3, -0.25) is 0 Å². The molecule has 2 aromatic rings. The van der Waals surface area contributed by atoms with Crippen LogP contribution < -0.4 is 0 Å². The second-order valence-corrected chi connectivity index (χ2v) is 21.2. The van der Waals surface area contributed by atoms with E-state index in [-0.39, 0.29) is 0 Å². The highest BCUT2D eigenvalue weighted by atomic mass is 79.9. The molecule has 0 nitrogen and oxygen atoms in total. The maximum Gasteiger partial charge on any atom is 0.171 e. The molecule has 0 fully saturated rings. The third-order valence-electron chi connectivity index (χ3n) is 6.02. The number of allylic oxidation sites excluding steroid dienone is 2. The fraction of sp³-hybridized carbons (Fsp3) is 0.375. The summed E-state index contributed by atoms with van der Waals surface area (Å²) < 4.78 is 2.48. The maximum atomic E-state index is 4.14. The molecule has 0 aliphatic carbocycles. The smallest absolute Gasteiger partial charge is 0.126 e. The Labute approximate surface area is 239 Å². The van der Waals surface area contributed by atoms with Crippen LogP contribution in [0.5, 0.6) is 0 Å². The van der Waals surface area contributed by atoms with Gasteiger partial charge in [0.1, 0.15) is 0 Å². The number of hydrogen-bond donors (Lipinski definition) is 0. The first-order chi connectivity index (χ1) is 17.2. The van der Waals surface area contributed by atoms with Gasteiger partial charge in [0.05, 0.1) is 0 Å². The monoisotopic (exact) mass is 638 g/mol. The third kappa shape index (κ3) is 8.77. The van der Waals surface area contributed by atoms with Crippen molar-refractivity contribution in [1.82, 2.24) is 0 Å². The van der Waals surface area contributed by atoms with E-state index in [0.717, 1.165) is 25.7 Å². The Morgan fingerprint density at radius 3 is 1.25 bits per heavy atom. The Morgan fingerprint density at radius 1 is 0.611 bits per heavy atom. The van der Waals surface area contributed by atoms with E-state index >= 15 is 0 Å². The van der Waals surface area contributed by atoms with Crippen molar-refractivity contribution >= 4 is 59.2 Å². The largest absolute Gasteiger partial charge is 0.171 e. The molecular formula is C32H40Br2Si2. The van der Waals surface area contributed by atoms with E-state index in [4.69, 9.17) is 0 Å². The van der Waals surface area contributed by atoms with Gasteiger partial charge in [0.25, 0.3) is 0 Å². The highest BCUT2D eigenvalue weighted by Crippen LogP contribution is 2.44. The van der Waals surface area contributed by atoms with Gasteiger partial charge < -0.3 is 0 Å². The van der Waals surface area contributed by atoms with E-state index in [9.17, 15) is 0 Å². The molecule has 2 rings (SSSR count). The van der Waals surface area contributed by atoms with Crippen LogP contribution in [0.3, 0.4) is 0 Å². The minimum absolute atomic E-state index is 0.965. The van der Waals surface area contributed by atoms with Crippen LogP contribution in [0, 0.1) is 22.9 Å². The lowest BCUT2D eigenvalue weighted by Gasteiger charge is -2.27. The molecule has 0 aromatic heterocycles. The van der Waals surface area contributed by atoms with E-state index in [1.54, 1.807) is 0 Å². The summed E-state index contributed by atoms with van der Waals surface area (Å²) in [7, 11) is -4.16. The summed E-state index contributed by atoms with van der Waals surface area (Å²) >= 11 is 8.28. The van der Waals surface area contributed by atoms with Crippen molar-refractivity contribution in [2.75, 3.05) is 0 Å². The molecule has 190 valence electrons. The summed E-state index contributed by atoms with van der Waals surface area (Å²) in [4.78, 5) is 0. The minimum Gasteiger partial charge on any atom is -0.126 e. The van der Waals surface area contributed by atoms with E-state index in [0.29, 0.717) is 0 Å². The molecular weight excluding hydrogens is 600 g/mol. The number of halogens is 2. The van der Waals surface area contributed by atoms with Gasteiger partial charge in [-0.05, 0) is 35.1 Å².